The van der Waals surface area contributed by atoms with Crippen LogP contribution in [0.25, 0.3) is 0 Å². The number of hydrogen-bond donors (Lipinski definition) is 3. The fourth-order valence-corrected chi connectivity index (χ4v) is 1.77. The van der Waals surface area contributed by atoms with Crippen LogP contribution in [0.1, 0.15) is 12.8 Å². The second-order valence-corrected chi connectivity index (χ2v) is 3.44. The molecule has 4 heteroatoms. The van der Waals surface area contributed by atoms with Crippen molar-refractivity contribution in [1.29, 1.82) is 0 Å². The molecule has 1 atom stereocenters. The molecule has 64 valence electrons. The van der Waals surface area contributed by atoms with Crippen molar-refractivity contribution in [3.63, 3.8) is 0 Å². The molecule has 1 aliphatic heterocycles. The Labute approximate surface area is 71.0 Å². The molecule has 1 rings (SSSR count). The SMILES string of the molecule is CSC1=C(N)CC[C@H](CO)N1. The molecular weight excluding hydrogens is 160 g/mol. The molecule has 1 heterocycles. The monoisotopic (exact) mass is 174 g/mol. The number of allylic oxidation sites excluding steroid dienone is 1. The van der Waals surface area contributed by atoms with Crippen LogP contribution in [-0.2, 0) is 0 Å². The number of thioether (sulfide) groups is 1. The second-order valence-electron chi connectivity index (χ2n) is 2.62. The summed E-state index contributed by atoms with van der Waals surface area (Å²) in [6.07, 6.45) is 3.82. The Balaban J connectivity index is 2.58. The third-order valence-electron chi connectivity index (χ3n) is 1.81. The lowest BCUT2D eigenvalue weighted by Crippen LogP contribution is -2.36. The molecule has 0 aliphatic carbocycles. The summed E-state index contributed by atoms with van der Waals surface area (Å²) in [5, 5.41) is 13.0. The van der Waals surface area contributed by atoms with Gasteiger partial charge in [-0.15, -0.1) is 11.8 Å². The molecule has 0 aromatic heterocycles. The zero-order chi connectivity index (χ0) is 8.27. The van der Waals surface area contributed by atoms with E-state index in [2.05, 4.69) is 5.32 Å². The van der Waals surface area contributed by atoms with Crippen molar-refractivity contribution >= 4 is 11.8 Å². The fourth-order valence-electron chi connectivity index (χ4n) is 1.12. The molecule has 0 saturated carbocycles. The molecule has 1 aliphatic rings. The zero-order valence-corrected chi connectivity index (χ0v) is 7.45. The van der Waals surface area contributed by atoms with Gasteiger partial charge in [-0.25, -0.2) is 0 Å². The molecule has 0 aromatic rings. The number of nitrogens with two attached hydrogens (primary N) is 1. The Morgan fingerprint density at radius 2 is 2.55 bits per heavy atom. The summed E-state index contributed by atoms with van der Waals surface area (Å²) in [5.41, 5.74) is 6.64. The van der Waals surface area contributed by atoms with Gasteiger partial charge in [-0.1, -0.05) is 0 Å². The van der Waals surface area contributed by atoms with E-state index in [0.29, 0.717) is 0 Å². The minimum absolute atomic E-state index is 0.192. The first-order valence-corrected chi connectivity index (χ1v) is 4.90. The maximum Gasteiger partial charge on any atom is 0.0872 e. The second kappa shape index (κ2) is 3.88. The van der Waals surface area contributed by atoms with Crippen LogP contribution in [0.4, 0.5) is 0 Å². The van der Waals surface area contributed by atoms with Crippen LogP contribution < -0.4 is 11.1 Å². The van der Waals surface area contributed by atoms with Gasteiger partial charge in [0.15, 0.2) is 0 Å². The van der Waals surface area contributed by atoms with Crippen LogP contribution in [0.2, 0.25) is 0 Å². The van der Waals surface area contributed by atoms with E-state index < -0.39 is 0 Å². The minimum Gasteiger partial charge on any atom is -0.400 e. The van der Waals surface area contributed by atoms with Crippen molar-refractivity contribution in [2.75, 3.05) is 12.9 Å². The molecule has 0 bridgehead atoms. The predicted octanol–water partition coefficient (Wildman–Crippen LogP) is 0.221. The lowest BCUT2D eigenvalue weighted by atomic mass is 10.1. The van der Waals surface area contributed by atoms with Crippen molar-refractivity contribution in [3.05, 3.63) is 10.7 Å². The van der Waals surface area contributed by atoms with E-state index in [4.69, 9.17) is 10.8 Å². The lowest BCUT2D eigenvalue weighted by Gasteiger charge is -2.25. The minimum atomic E-state index is 0.192. The fraction of sp³-hybridized carbons (Fsp3) is 0.714. The first-order chi connectivity index (χ1) is 5.27. The first kappa shape index (κ1) is 8.74. The Morgan fingerprint density at radius 3 is 3.09 bits per heavy atom. The van der Waals surface area contributed by atoms with E-state index in [9.17, 15) is 0 Å². The van der Waals surface area contributed by atoms with Crippen LogP contribution >= 0.6 is 11.8 Å². The maximum atomic E-state index is 8.86. The number of hydrogen-bond acceptors (Lipinski definition) is 4. The molecule has 4 N–H and O–H groups in total. The summed E-state index contributed by atoms with van der Waals surface area (Å²) >= 11 is 1.61. The van der Waals surface area contributed by atoms with E-state index >= 15 is 0 Å². The summed E-state index contributed by atoms with van der Waals surface area (Å²) in [6.45, 7) is 0.192. The van der Waals surface area contributed by atoms with Crippen LogP contribution in [0.5, 0.6) is 0 Å². The molecule has 0 amide bonds. The van der Waals surface area contributed by atoms with Gasteiger partial charge in [0.25, 0.3) is 0 Å². The molecule has 11 heavy (non-hydrogen) atoms. The Kier molecular flexibility index (Phi) is 3.08. The number of rotatable bonds is 2. The van der Waals surface area contributed by atoms with Gasteiger partial charge in [-0.3, -0.25) is 0 Å². The Morgan fingerprint density at radius 1 is 1.82 bits per heavy atom. The molecule has 0 saturated heterocycles. The topological polar surface area (TPSA) is 58.3 Å². The van der Waals surface area contributed by atoms with Crippen LogP contribution in [0.3, 0.4) is 0 Å². The van der Waals surface area contributed by atoms with E-state index in [1.54, 1.807) is 11.8 Å². The summed E-state index contributed by atoms with van der Waals surface area (Å²) in [6, 6.07) is 0.199. The maximum absolute atomic E-state index is 8.86. The average Bonchev–Trinajstić information content (AvgIpc) is 2.05. The average molecular weight is 174 g/mol. The van der Waals surface area contributed by atoms with Gasteiger partial charge in [0.05, 0.1) is 17.7 Å². The molecule has 0 aromatic carbocycles. The van der Waals surface area contributed by atoms with Gasteiger partial charge in [0, 0.05) is 5.70 Å². The van der Waals surface area contributed by atoms with Gasteiger partial charge in [0.2, 0.25) is 0 Å². The summed E-state index contributed by atoms with van der Waals surface area (Å²) < 4.78 is 0. The zero-order valence-electron chi connectivity index (χ0n) is 6.63. The highest BCUT2D eigenvalue weighted by atomic mass is 32.2. The van der Waals surface area contributed by atoms with E-state index in [1.165, 1.54) is 0 Å². The van der Waals surface area contributed by atoms with Gasteiger partial charge in [-0.2, -0.15) is 0 Å². The molecule has 0 radical (unpaired) electrons. The Hall–Kier alpha value is -0.350. The van der Waals surface area contributed by atoms with E-state index in [1.807, 2.05) is 6.26 Å². The first-order valence-electron chi connectivity index (χ1n) is 3.68. The third kappa shape index (κ3) is 2.04. The van der Waals surface area contributed by atoms with E-state index in [-0.39, 0.29) is 12.6 Å². The van der Waals surface area contributed by atoms with Crippen LogP contribution in [0, 0.1) is 0 Å². The van der Waals surface area contributed by atoms with Gasteiger partial charge < -0.3 is 16.2 Å². The molecular formula is C7H14N2OS. The van der Waals surface area contributed by atoms with Gasteiger partial charge in [0.1, 0.15) is 0 Å². The summed E-state index contributed by atoms with van der Waals surface area (Å²) in [4.78, 5) is 0. The van der Waals surface area contributed by atoms with Crippen molar-refractivity contribution in [1.82, 2.24) is 5.32 Å². The van der Waals surface area contributed by atoms with Crippen molar-refractivity contribution < 1.29 is 5.11 Å². The van der Waals surface area contributed by atoms with Crippen molar-refractivity contribution in [2.24, 2.45) is 5.73 Å². The third-order valence-corrected chi connectivity index (χ3v) is 2.60. The smallest absolute Gasteiger partial charge is 0.0872 e. The number of nitrogens with one attached hydrogen (secondary N) is 1. The van der Waals surface area contributed by atoms with Crippen LogP contribution in [-0.4, -0.2) is 24.0 Å². The quantitative estimate of drug-likeness (QED) is 0.560. The van der Waals surface area contributed by atoms with Crippen LogP contribution in [0.15, 0.2) is 10.7 Å². The highest BCUT2D eigenvalue weighted by molar-refractivity contribution is 8.02. The molecule has 0 fully saturated rings. The highest BCUT2D eigenvalue weighted by Crippen LogP contribution is 2.20. The molecule has 0 unspecified atom stereocenters. The van der Waals surface area contributed by atoms with E-state index in [0.717, 1.165) is 23.6 Å². The largest absolute Gasteiger partial charge is 0.400 e. The van der Waals surface area contributed by atoms with Crippen molar-refractivity contribution in [3.8, 4) is 0 Å². The number of aliphatic hydroxyl groups is 1. The normalized spacial score (nSPS) is 25.1. The van der Waals surface area contributed by atoms with Gasteiger partial charge >= 0.3 is 0 Å². The highest BCUT2D eigenvalue weighted by Gasteiger charge is 2.16. The summed E-state index contributed by atoms with van der Waals surface area (Å²) in [5.74, 6) is 0. The predicted molar refractivity (Wildman–Crippen MR) is 48.0 cm³/mol. The molecule has 3 nitrogen and oxygen atoms in total. The number of aliphatic hydroxyl groups excluding tert-OH is 1. The Bertz CT molecular complexity index is 170. The van der Waals surface area contributed by atoms with Crippen molar-refractivity contribution in [2.45, 2.75) is 18.9 Å². The standard InChI is InChI=1S/C7H14N2OS/c1-11-7-6(8)3-2-5(4-10)9-7/h5,9-10H,2-4,8H2,1H3/t5-/m1/s1. The van der Waals surface area contributed by atoms with Gasteiger partial charge in [-0.05, 0) is 19.1 Å². The summed E-state index contributed by atoms with van der Waals surface area (Å²) in [7, 11) is 0. The lowest BCUT2D eigenvalue weighted by molar-refractivity contribution is 0.241. The molecule has 0 spiro atoms.